The summed E-state index contributed by atoms with van der Waals surface area (Å²) >= 11 is 14.1. The first-order chi connectivity index (χ1) is 16.9. The molecule has 0 aliphatic heterocycles. The Hall–Kier alpha value is -2.47. The molecule has 7 heteroatoms. The van der Waals surface area contributed by atoms with E-state index in [2.05, 4.69) is 36.5 Å². The van der Waals surface area contributed by atoms with Crippen molar-refractivity contribution in [1.82, 2.24) is 10.2 Å². The summed E-state index contributed by atoms with van der Waals surface area (Å²) < 4.78 is 0. The second kappa shape index (κ2) is 13.6. The third kappa shape index (κ3) is 8.31. The van der Waals surface area contributed by atoms with Crippen LogP contribution in [0.3, 0.4) is 0 Å². The molecular formula is C28H30Cl2N2O2S. The summed E-state index contributed by atoms with van der Waals surface area (Å²) in [5.41, 5.74) is 4.09. The minimum Gasteiger partial charge on any atom is -0.355 e. The lowest BCUT2D eigenvalue weighted by atomic mass is 10.0. The maximum atomic E-state index is 13.6. The predicted octanol–water partition coefficient (Wildman–Crippen LogP) is 6.31. The quantitative estimate of drug-likeness (QED) is 0.317. The summed E-state index contributed by atoms with van der Waals surface area (Å²) in [6.45, 7) is 4.62. The van der Waals surface area contributed by atoms with E-state index in [-0.39, 0.29) is 24.1 Å². The molecule has 2 amide bonds. The van der Waals surface area contributed by atoms with Gasteiger partial charge < -0.3 is 10.2 Å². The van der Waals surface area contributed by atoms with Crippen molar-refractivity contribution in [3.63, 3.8) is 0 Å². The van der Waals surface area contributed by atoms with Crippen LogP contribution in [0.2, 0.25) is 10.0 Å². The molecule has 0 radical (unpaired) electrons. The number of likely N-dealkylation sites (N-methyl/N-ethyl adjacent to an activating group) is 1. The van der Waals surface area contributed by atoms with Gasteiger partial charge >= 0.3 is 0 Å². The van der Waals surface area contributed by atoms with E-state index < -0.39 is 6.04 Å². The van der Waals surface area contributed by atoms with E-state index in [9.17, 15) is 9.59 Å². The molecule has 1 unspecified atom stereocenters. The number of halogens is 2. The molecule has 0 aliphatic rings. The second-order valence-corrected chi connectivity index (χ2v) is 10.2. The molecule has 35 heavy (non-hydrogen) atoms. The van der Waals surface area contributed by atoms with E-state index in [4.69, 9.17) is 23.2 Å². The molecule has 0 aromatic heterocycles. The van der Waals surface area contributed by atoms with Crippen LogP contribution < -0.4 is 5.32 Å². The van der Waals surface area contributed by atoms with Crippen molar-refractivity contribution in [3.05, 3.63) is 105 Å². The fourth-order valence-electron chi connectivity index (χ4n) is 3.70. The first kappa shape index (κ1) is 27.1. The Morgan fingerprint density at radius 3 is 2.34 bits per heavy atom. The molecule has 1 atom stereocenters. The lowest BCUT2D eigenvalue weighted by Crippen LogP contribution is -2.51. The SMILES string of the molecule is CCNC(=O)C(Cc1ccccc1)N(Cc1ccc(Cl)cc1Cl)C(=O)CSCc1ccc(C)cc1. The summed E-state index contributed by atoms with van der Waals surface area (Å²) in [7, 11) is 0. The zero-order valence-electron chi connectivity index (χ0n) is 20.0. The van der Waals surface area contributed by atoms with Crippen LogP contribution in [0.25, 0.3) is 0 Å². The van der Waals surface area contributed by atoms with Crippen LogP contribution in [0.5, 0.6) is 0 Å². The number of amides is 2. The summed E-state index contributed by atoms with van der Waals surface area (Å²) in [6, 6.07) is 22.6. The Bertz CT molecular complexity index is 1120. The van der Waals surface area contributed by atoms with E-state index in [0.717, 1.165) is 16.7 Å². The number of thioether (sulfide) groups is 1. The van der Waals surface area contributed by atoms with Gasteiger partial charge in [-0.15, -0.1) is 11.8 Å². The summed E-state index contributed by atoms with van der Waals surface area (Å²) in [4.78, 5) is 28.4. The van der Waals surface area contributed by atoms with Crippen molar-refractivity contribution in [2.75, 3.05) is 12.3 Å². The Labute approximate surface area is 222 Å². The lowest BCUT2D eigenvalue weighted by molar-refractivity contribution is -0.139. The zero-order valence-corrected chi connectivity index (χ0v) is 22.3. The van der Waals surface area contributed by atoms with Crippen LogP contribution in [0, 0.1) is 6.92 Å². The van der Waals surface area contributed by atoms with Gasteiger partial charge in [-0.3, -0.25) is 9.59 Å². The van der Waals surface area contributed by atoms with Crippen LogP contribution in [0.1, 0.15) is 29.2 Å². The molecule has 0 aliphatic carbocycles. The van der Waals surface area contributed by atoms with Gasteiger partial charge in [0.25, 0.3) is 0 Å². The van der Waals surface area contributed by atoms with Crippen LogP contribution in [0.15, 0.2) is 72.8 Å². The van der Waals surface area contributed by atoms with Gasteiger partial charge in [0.2, 0.25) is 11.8 Å². The van der Waals surface area contributed by atoms with E-state index >= 15 is 0 Å². The molecule has 184 valence electrons. The molecule has 0 fully saturated rings. The van der Waals surface area contributed by atoms with Crippen LogP contribution in [-0.2, 0) is 28.3 Å². The number of hydrogen-bond donors (Lipinski definition) is 1. The van der Waals surface area contributed by atoms with E-state index in [1.807, 2.05) is 43.3 Å². The standard InChI is InChI=1S/C28H30Cl2N2O2S/c1-3-31-28(34)26(15-21-7-5-4-6-8-21)32(17-23-13-14-24(29)16-25(23)30)27(33)19-35-18-22-11-9-20(2)10-12-22/h4-14,16,26H,3,15,17-19H2,1-2H3,(H,31,34). The van der Waals surface area contributed by atoms with Gasteiger partial charge in [0.05, 0.1) is 5.75 Å². The smallest absolute Gasteiger partial charge is 0.243 e. The van der Waals surface area contributed by atoms with Crippen molar-refractivity contribution >= 4 is 46.8 Å². The largest absolute Gasteiger partial charge is 0.355 e. The highest BCUT2D eigenvalue weighted by molar-refractivity contribution is 7.99. The molecule has 3 aromatic carbocycles. The Morgan fingerprint density at radius 2 is 1.69 bits per heavy atom. The highest BCUT2D eigenvalue weighted by Crippen LogP contribution is 2.25. The fraction of sp³-hybridized carbons (Fsp3) is 0.286. The molecule has 3 aromatic rings. The molecule has 0 spiro atoms. The van der Waals surface area contributed by atoms with E-state index in [1.165, 1.54) is 17.3 Å². The normalized spacial score (nSPS) is 11.7. The maximum Gasteiger partial charge on any atom is 0.243 e. The second-order valence-electron chi connectivity index (χ2n) is 8.34. The topological polar surface area (TPSA) is 49.4 Å². The van der Waals surface area contributed by atoms with Crippen molar-refractivity contribution in [2.45, 2.75) is 38.6 Å². The Morgan fingerprint density at radius 1 is 0.971 bits per heavy atom. The van der Waals surface area contributed by atoms with Gasteiger partial charge in [-0.05, 0) is 42.7 Å². The Kier molecular flexibility index (Phi) is 10.5. The third-order valence-corrected chi connectivity index (χ3v) is 7.17. The fourth-order valence-corrected chi connectivity index (χ4v) is 5.04. The molecule has 1 N–H and O–H groups in total. The van der Waals surface area contributed by atoms with Gasteiger partial charge in [-0.1, -0.05) is 89.4 Å². The molecule has 0 bridgehead atoms. The molecular weight excluding hydrogens is 499 g/mol. The van der Waals surface area contributed by atoms with Gasteiger partial charge in [0.1, 0.15) is 6.04 Å². The molecule has 0 saturated carbocycles. The van der Waals surface area contributed by atoms with Crippen LogP contribution in [0.4, 0.5) is 0 Å². The summed E-state index contributed by atoms with van der Waals surface area (Å²) in [5.74, 6) is 0.675. The average molecular weight is 530 g/mol. The van der Waals surface area contributed by atoms with Gasteiger partial charge in [0.15, 0.2) is 0 Å². The number of nitrogens with one attached hydrogen (secondary N) is 1. The lowest BCUT2D eigenvalue weighted by Gasteiger charge is -2.31. The molecule has 0 heterocycles. The Balaban J connectivity index is 1.85. The zero-order chi connectivity index (χ0) is 25.2. The number of nitrogens with zero attached hydrogens (tertiary/aromatic N) is 1. The van der Waals surface area contributed by atoms with Crippen LogP contribution in [-0.4, -0.2) is 35.1 Å². The number of aryl methyl sites for hydroxylation is 1. The van der Waals surface area contributed by atoms with Crippen molar-refractivity contribution < 1.29 is 9.59 Å². The number of carbonyl (C=O) groups is 2. The molecule has 3 rings (SSSR count). The summed E-state index contributed by atoms with van der Waals surface area (Å²) in [5, 5.41) is 3.90. The first-order valence-electron chi connectivity index (χ1n) is 11.6. The number of hydrogen-bond acceptors (Lipinski definition) is 3. The number of benzene rings is 3. The minimum atomic E-state index is -0.670. The van der Waals surface area contributed by atoms with E-state index in [1.54, 1.807) is 17.0 Å². The van der Waals surface area contributed by atoms with Gasteiger partial charge in [0, 0.05) is 35.3 Å². The van der Waals surface area contributed by atoms with Crippen LogP contribution >= 0.6 is 35.0 Å². The minimum absolute atomic E-state index is 0.111. The average Bonchev–Trinajstić information content (AvgIpc) is 2.84. The van der Waals surface area contributed by atoms with E-state index in [0.29, 0.717) is 28.8 Å². The van der Waals surface area contributed by atoms with Crippen molar-refractivity contribution in [3.8, 4) is 0 Å². The van der Waals surface area contributed by atoms with Gasteiger partial charge in [-0.25, -0.2) is 0 Å². The molecule has 4 nitrogen and oxygen atoms in total. The highest BCUT2D eigenvalue weighted by atomic mass is 35.5. The third-order valence-electron chi connectivity index (χ3n) is 5.59. The van der Waals surface area contributed by atoms with Crippen molar-refractivity contribution in [2.24, 2.45) is 0 Å². The monoisotopic (exact) mass is 528 g/mol. The summed E-state index contributed by atoms with van der Waals surface area (Å²) in [6.07, 6.45) is 0.409. The maximum absolute atomic E-state index is 13.6. The number of carbonyl (C=O) groups excluding carboxylic acids is 2. The highest BCUT2D eigenvalue weighted by Gasteiger charge is 2.30. The molecule has 0 saturated heterocycles. The number of rotatable bonds is 11. The van der Waals surface area contributed by atoms with Gasteiger partial charge in [-0.2, -0.15) is 0 Å². The first-order valence-corrected chi connectivity index (χ1v) is 13.5. The predicted molar refractivity (Wildman–Crippen MR) is 147 cm³/mol. The van der Waals surface area contributed by atoms with Crippen molar-refractivity contribution in [1.29, 1.82) is 0 Å².